The van der Waals surface area contributed by atoms with Gasteiger partial charge in [0.15, 0.2) is 0 Å². The molecule has 4 aliphatic rings. The highest BCUT2D eigenvalue weighted by atomic mass is 32.1. The van der Waals surface area contributed by atoms with Gasteiger partial charge >= 0.3 is 0 Å². The Morgan fingerprint density at radius 3 is 1.51 bits per heavy atom. The second-order valence-corrected chi connectivity index (χ2v) is 26.8. The quantitative estimate of drug-likeness (QED) is 0.159. The van der Waals surface area contributed by atoms with Gasteiger partial charge in [0.1, 0.15) is 0 Å². The fourth-order valence-electron chi connectivity index (χ4n) is 13.4. The van der Waals surface area contributed by atoms with Gasteiger partial charge in [-0.3, -0.25) is 0 Å². The normalized spacial score (nSPS) is 17.7. The molecule has 0 atom stereocenters. The van der Waals surface area contributed by atoms with Crippen LogP contribution in [0.2, 0.25) is 0 Å². The summed E-state index contributed by atoms with van der Waals surface area (Å²) in [7, 11) is 0. The standard InChI is InChI=1S/C67H72BN3S/c1-41-33-56-59-57(34-41)71(60-42(2)35-48(36-43(60)3)69(45-21-17-15-18-22-45)46-23-19-16-20-24-46)55-39-52-51(65(9,10)30-31-66(52,11)12)38-54(55)68(59)62-61(70(56)47-27-25-44(26-28-47)63(4,5)6)49-37-50-53(40-58(49)72-62)67(13,14)32-29-64(50,7)8/h15-28,33-40H,29-32H2,1-14H3. The van der Waals surface area contributed by atoms with Crippen LogP contribution < -0.4 is 30.4 Å². The average Bonchev–Trinajstić information content (AvgIpc) is 3.70. The lowest BCUT2D eigenvalue weighted by molar-refractivity contribution is 0.332. The maximum absolute atomic E-state index is 2.71. The van der Waals surface area contributed by atoms with Gasteiger partial charge in [0, 0.05) is 54.7 Å². The monoisotopic (exact) mass is 962 g/mol. The number of benzene rings is 7. The summed E-state index contributed by atoms with van der Waals surface area (Å²) in [6.45, 7) is 33.9. The molecule has 2 aliphatic carbocycles. The smallest absolute Gasteiger partial charge is 0.264 e. The zero-order chi connectivity index (χ0) is 50.6. The molecule has 8 aromatic rings. The van der Waals surface area contributed by atoms with Gasteiger partial charge in [0.05, 0.1) is 11.4 Å². The summed E-state index contributed by atoms with van der Waals surface area (Å²) in [5.74, 6) is 0. The van der Waals surface area contributed by atoms with Gasteiger partial charge in [-0.2, -0.15) is 0 Å². The van der Waals surface area contributed by atoms with Crippen LogP contribution in [0.1, 0.15) is 146 Å². The van der Waals surface area contributed by atoms with Crippen LogP contribution >= 0.6 is 11.3 Å². The maximum Gasteiger partial charge on any atom is 0.264 e. The van der Waals surface area contributed by atoms with Crippen LogP contribution in [0.25, 0.3) is 10.1 Å². The lowest BCUT2D eigenvalue weighted by Gasteiger charge is -2.47. The molecule has 0 unspecified atom stereocenters. The SMILES string of the molecule is Cc1cc2c3c(c1)N(c1ccc(C(C)(C)C)cc1)c1c(sc4cc5c(cc14)C(C)(C)CCC5(C)C)B3c1cc3c(cc1N2c1c(C)cc(N(c2ccccc2)c2ccccc2)cc1C)C(C)(C)CCC3(C)C. The summed E-state index contributed by atoms with van der Waals surface area (Å²) < 4.78 is 2.86. The van der Waals surface area contributed by atoms with E-state index in [0.29, 0.717) is 0 Å². The van der Waals surface area contributed by atoms with Crippen LogP contribution in [-0.2, 0) is 27.1 Å². The van der Waals surface area contributed by atoms with Crippen molar-refractivity contribution in [1.82, 2.24) is 0 Å². The highest BCUT2D eigenvalue weighted by molar-refractivity contribution is 7.33. The first-order valence-corrected chi connectivity index (χ1v) is 27.5. The first-order chi connectivity index (χ1) is 34.0. The number of fused-ring (bicyclic) bond motifs is 8. The van der Waals surface area contributed by atoms with Gasteiger partial charge in [0.25, 0.3) is 6.71 Å². The Morgan fingerprint density at radius 1 is 0.500 bits per heavy atom. The average molecular weight is 962 g/mol. The van der Waals surface area contributed by atoms with Crippen molar-refractivity contribution < 1.29 is 0 Å². The molecule has 1 aromatic heterocycles. The molecule has 3 nitrogen and oxygen atoms in total. The Hall–Kier alpha value is -6.04. The molecular formula is C67H72BN3S. The summed E-state index contributed by atoms with van der Waals surface area (Å²) in [6, 6.07) is 51.8. The topological polar surface area (TPSA) is 9.72 Å². The van der Waals surface area contributed by atoms with Crippen molar-refractivity contribution in [3.05, 3.63) is 178 Å². The molecule has 0 saturated heterocycles. The third-order valence-corrected chi connectivity index (χ3v) is 18.9. The molecule has 72 heavy (non-hydrogen) atoms. The predicted octanol–water partition coefficient (Wildman–Crippen LogP) is 17.4. The van der Waals surface area contributed by atoms with E-state index in [1.54, 1.807) is 0 Å². The second kappa shape index (κ2) is 16.0. The molecule has 0 N–H and O–H groups in total. The molecule has 3 heterocycles. The number of aryl methyl sites for hydroxylation is 3. The van der Waals surface area contributed by atoms with E-state index in [1.807, 2.05) is 0 Å². The number of hydrogen-bond acceptors (Lipinski definition) is 4. The lowest BCUT2D eigenvalue weighted by Crippen LogP contribution is -2.61. The van der Waals surface area contributed by atoms with Crippen molar-refractivity contribution in [2.24, 2.45) is 0 Å². The van der Waals surface area contributed by atoms with Crippen molar-refractivity contribution in [3.8, 4) is 0 Å². The largest absolute Gasteiger partial charge is 0.311 e. The van der Waals surface area contributed by atoms with Crippen molar-refractivity contribution in [3.63, 3.8) is 0 Å². The van der Waals surface area contributed by atoms with Crippen LogP contribution in [0.3, 0.4) is 0 Å². The molecule has 364 valence electrons. The van der Waals surface area contributed by atoms with Gasteiger partial charge in [0.2, 0.25) is 0 Å². The number of para-hydroxylation sites is 2. The van der Waals surface area contributed by atoms with Gasteiger partial charge in [-0.15, -0.1) is 11.3 Å². The Labute approximate surface area is 435 Å². The molecule has 7 aromatic carbocycles. The van der Waals surface area contributed by atoms with E-state index >= 15 is 0 Å². The van der Waals surface area contributed by atoms with E-state index < -0.39 is 0 Å². The van der Waals surface area contributed by atoms with Crippen molar-refractivity contribution in [1.29, 1.82) is 0 Å². The van der Waals surface area contributed by atoms with Crippen molar-refractivity contribution in [2.45, 2.75) is 150 Å². The molecule has 2 aliphatic heterocycles. The molecular weight excluding hydrogens is 890 g/mol. The van der Waals surface area contributed by atoms with Crippen molar-refractivity contribution >= 4 is 95.0 Å². The fourth-order valence-corrected chi connectivity index (χ4v) is 14.7. The van der Waals surface area contributed by atoms with Crippen LogP contribution in [0.4, 0.5) is 51.2 Å². The van der Waals surface area contributed by atoms with Gasteiger partial charge in [-0.05, 0) is 208 Å². The molecule has 0 fully saturated rings. The molecule has 12 rings (SSSR count). The van der Waals surface area contributed by atoms with Crippen LogP contribution in [0.5, 0.6) is 0 Å². The first kappa shape index (κ1) is 47.0. The third-order valence-electron chi connectivity index (χ3n) is 17.7. The van der Waals surface area contributed by atoms with E-state index in [9.17, 15) is 0 Å². The fraction of sp³-hybridized carbons (Fsp3) is 0.343. The minimum absolute atomic E-state index is 0.0352. The number of thiophene rings is 1. The van der Waals surface area contributed by atoms with Crippen molar-refractivity contribution in [2.75, 3.05) is 14.7 Å². The Morgan fingerprint density at radius 2 is 0.986 bits per heavy atom. The number of nitrogens with zero attached hydrogens (tertiary/aromatic N) is 3. The van der Waals surface area contributed by atoms with E-state index in [2.05, 4.69) is 256 Å². The zero-order valence-corrected chi connectivity index (χ0v) is 46.2. The summed E-state index contributed by atoms with van der Waals surface area (Å²) in [4.78, 5) is 7.80. The Balaban J connectivity index is 1.17. The summed E-state index contributed by atoms with van der Waals surface area (Å²) >= 11 is 2.06. The minimum Gasteiger partial charge on any atom is -0.311 e. The van der Waals surface area contributed by atoms with E-state index in [4.69, 9.17) is 0 Å². The molecule has 0 bridgehead atoms. The molecule has 5 heteroatoms. The first-order valence-electron chi connectivity index (χ1n) is 26.7. The van der Waals surface area contributed by atoms with Crippen LogP contribution in [-0.4, -0.2) is 6.71 Å². The molecule has 0 spiro atoms. The van der Waals surface area contributed by atoms with E-state index in [-0.39, 0.29) is 33.8 Å². The number of rotatable bonds is 5. The molecule has 0 radical (unpaired) electrons. The van der Waals surface area contributed by atoms with Crippen LogP contribution in [0.15, 0.2) is 133 Å². The van der Waals surface area contributed by atoms with Gasteiger partial charge in [-0.1, -0.05) is 131 Å². The lowest BCUT2D eigenvalue weighted by atomic mass is 9.35. The summed E-state index contributed by atoms with van der Waals surface area (Å²) in [5.41, 5.74) is 25.5. The predicted molar refractivity (Wildman–Crippen MR) is 314 cm³/mol. The maximum atomic E-state index is 2.71. The number of hydrogen-bond donors (Lipinski definition) is 0. The van der Waals surface area contributed by atoms with Gasteiger partial charge < -0.3 is 14.7 Å². The minimum atomic E-state index is 0.0352. The second-order valence-electron chi connectivity index (χ2n) is 25.8. The Bertz CT molecular complexity index is 3430. The molecule has 0 saturated carbocycles. The van der Waals surface area contributed by atoms with E-state index in [1.165, 1.54) is 124 Å². The van der Waals surface area contributed by atoms with E-state index in [0.717, 1.165) is 23.5 Å². The third kappa shape index (κ3) is 7.18. The molecule has 0 amide bonds. The highest BCUT2D eigenvalue weighted by Gasteiger charge is 2.49. The van der Waals surface area contributed by atoms with Crippen LogP contribution in [0, 0.1) is 20.8 Å². The zero-order valence-electron chi connectivity index (χ0n) is 45.4. The summed E-state index contributed by atoms with van der Waals surface area (Å²) in [5, 5.41) is 1.39. The summed E-state index contributed by atoms with van der Waals surface area (Å²) in [6.07, 6.45) is 4.72. The highest BCUT2D eigenvalue weighted by Crippen LogP contribution is 2.55. The number of anilines is 9. The Kier molecular flexibility index (Phi) is 10.4. The van der Waals surface area contributed by atoms with Gasteiger partial charge in [-0.25, -0.2) is 0 Å².